The molecule has 1 saturated heterocycles. The maximum atomic E-state index is 12.9. The van der Waals surface area contributed by atoms with Crippen molar-refractivity contribution in [2.45, 2.75) is 0 Å². The first-order valence-corrected chi connectivity index (χ1v) is 8.33. The number of carbonyl (C=O) groups excluding carboxylic acids is 2. The maximum Gasteiger partial charge on any atom is 0.275 e. The topological polar surface area (TPSA) is 94.7 Å². The van der Waals surface area contributed by atoms with Crippen molar-refractivity contribution in [2.75, 3.05) is 18.6 Å². The van der Waals surface area contributed by atoms with Crippen LogP contribution in [0.3, 0.4) is 0 Å². The second-order valence-electron chi connectivity index (χ2n) is 6.17. The van der Waals surface area contributed by atoms with E-state index in [9.17, 15) is 14.7 Å². The monoisotopic (exact) mass is 363 g/mol. The molecule has 2 heterocycles. The van der Waals surface area contributed by atoms with Gasteiger partial charge in [-0.05, 0) is 48.5 Å². The number of amides is 2. The Balaban J connectivity index is 1.73. The minimum absolute atomic E-state index is 0.0807. The molecule has 0 unspecified atom stereocenters. The average Bonchev–Trinajstić information content (AvgIpc) is 3.07. The van der Waals surface area contributed by atoms with Crippen molar-refractivity contribution in [3.05, 3.63) is 59.9 Å². The molecule has 3 N–H and O–H groups in total. The predicted molar refractivity (Wildman–Crippen MR) is 101 cm³/mol. The van der Waals surface area contributed by atoms with Gasteiger partial charge in [-0.15, -0.1) is 0 Å². The normalized spacial score (nSPS) is 16.0. The van der Waals surface area contributed by atoms with Gasteiger partial charge in [-0.1, -0.05) is 0 Å². The lowest BCUT2D eigenvalue weighted by Crippen LogP contribution is -2.50. The van der Waals surface area contributed by atoms with E-state index in [1.165, 1.54) is 17.0 Å². The number of hydrogen-bond acceptors (Lipinski definition) is 4. The SMILES string of the molecule is COc1ccc2[nH]cc(/C=C3\NC(=O)CN(c4ccc(O)cc4)C3=O)c2c1. The lowest BCUT2D eigenvalue weighted by Gasteiger charge is -2.28. The first-order chi connectivity index (χ1) is 13.0. The molecule has 0 saturated carbocycles. The molecule has 0 aliphatic carbocycles. The number of ether oxygens (including phenoxy) is 1. The third kappa shape index (κ3) is 3.10. The fourth-order valence-electron chi connectivity index (χ4n) is 3.07. The van der Waals surface area contributed by atoms with Crippen LogP contribution in [0.15, 0.2) is 54.4 Å². The number of nitrogens with one attached hydrogen (secondary N) is 2. The van der Waals surface area contributed by atoms with E-state index in [1.54, 1.807) is 31.5 Å². The van der Waals surface area contributed by atoms with Gasteiger partial charge in [-0.3, -0.25) is 14.5 Å². The van der Waals surface area contributed by atoms with E-state index in [0.29, 0.717) is 11.4 Å². The number of piperazine rings is 1. The Kier molecular flexibility index (Phi) is 4.04. The van der Waals surface area contributed by atoms with Crippen LogP contribution in [0.2, 0.25) is 0 Å². The largest absolute Gasteiger partial charge is 0.508 e. The first kappa shape index (κ1) is 16.7. The number of aromatic hydroxyl groups is 1. The van der Waals surface area contributed by atoms with E-state index >= 15 is 0 Å². The van der Waals surface area contributed by atoms with Crippen LogP contribution >= 0.6 is 0 Å². The highest BCUT2D eigenvalue weighted by molar-refractivity contribution is 6.16. The zero-order valence-electron chi connectivity index (χ0n) is 14.5. The molecular formula is C20H17N3O4. The van der Waals surface area contributed by atoms with E-state index in [2.05, 4.69) is 10.3 Å². The third-order valence-corrected chi connectivity index (χ3v) is 4.43. The lowest BCUT2D eigenvalue weighted by atomic mass is 10.1. The Morgan fingerprint density at radius 1 is 1.15 bits per heavy atom. The van der Waals surface area contributed by atoms with Crippen molar-refractivity contribution in [1.82, 2.24) is 10.3 Å². The number of nitrogens with zero attached hydrogens (tertiary/aromatic N) is 1. The number of rotatable bonds is 3. The molecule has 0 radical (unpaired) electrons. The minimum atomic E-state index is -0.322. The molecule has 2 aromatic carbocycles. The van der Waals surface area contributed by atoms with Gasteiger partial charge in [0.05, 0.1) is 7.11 Å². The number of hydrogen-bond donors (Lipinski definition) is 3. The van der Waals surface area contributed by atoms with Crippen molar-refractivity contribution in [2.24, 2.45) is 0 Å². The Bertz CT molecular complexity index is 1070. The summed E-state index contributed by atoms with van der Waals surface area (Å²) in [4.78, 5) is 29.5. The van der Waals surface area contributed by atoms with Gasteiger partial charge in [0.15, 0.2) is 0 Å². The van der Waals surface area contributed by atoms with Gasteiger partial charge in [-0.2, -0.15) is 0 Å². The number of aromatic nitrogens is 1. The second-order valence-corrected chi connectivity index (χ2v) is 6.17. The molecule has 1 aromatic heterocycles. The smallest absolute Gasteiger partial charge is 0.275 e. The number of phenolic OH excluding ortho intramolecular Hbond substituents is 1. The summed E-state index contributed by atoms with van der Waals surface area (Å²) in [7, 11) is 1.59. The molecule has 0 spiro atoms. The second kappa shape index (κ2) is 6.53. The standard InChI is InChI=1S/C20H17N3O4/c1-27-15-6-7-17-16(9-15)12(10-21-17)8-18-20(26)23(11-19(25)22-18)13-2-4-14(24)5-3-13/h2-10,21,24H,11H2,1H3,(H,22,25)/b18-8-. The van der Waals surface area contributed by atoms with Crippen LogP contribution in [0, 0.1) is 0 Å². The van der Waals surface area contributed by atoms with Crippen LogP contribution in [-0.2, 0) is 9.59 Å². The summed E-state index contributed by atoms with van der Waals surface area (Å²) >= 11 is 0. The number of H-pyrrole nitrogens is 1. The molecule has 4 rings (SSSR count). The van der Waals surface area contributed by atoms with E-state index in [-0.39, 0.29) is 29.8 Å². The molecule has 7 heteroatoms. The fraction of sp³-hybridized carbons (Fsp3) is 0.100. The zero-order chi connectivity index (χ0) is 19.0. The molecule has 27 heavy (non-hydrogen) atoms. The van der Waals surface area contributed by atoms with E-state index in [0.717, 1.165) is 16.5 Å². The number of benzene rings is 2. The van der Waals surface area contributed by atoms with Crippen LogP contribution in [0.5, 0.6) is 11.5 Å². The number of anilines is 1. The molecule has 0 bridgehead atoms. The summed E-state index contributed by atoms with van der Waals surface area (Å²) in [6.07, 6.45) is 3.42. The molecule has 1 aliphatic rings. The molecule has 0 atom stereocenters. The average molecular weight is 363 g/mol. The van der Waals surface area contributed by atoms with E-state index in [4.69, 9.17) is 4.74 Å². The van der Waals surface area contributed by atoms with E-state index in [1.807, 2.05) is 18.2 Å². The summed E-state index contributed by atoms with van der Waals surface area (Å²) in [5.74, 6) is 0.187. The quantitative estimate of drug-likeness (QED) is 0.623. The van der Waals surface area contributed by atoms with Gasteiger partial charge in [0.2, 0.25) is 5.91 Å². The van der Waals surface area contributed by atoms with Gasteiger partial charge in [0.1, 0.15) is 23.7 Å². The van der Waals surface area contributed by atoms with Crippen molar-refractivity contribution >= 4 is 34.5 Å². The molecule has 7 nitrogen and oxygen atoms in total. The maximum absolute atomic E-state index is 12.9. The van der Waals surface area contributed by atoms with Gasteiger partial charge >= 0.3 is 0 Å². The van der Waals surface area contributed by atoms with Crippen molar-refractivity contribution in [3.63, 3.8) is 0 Å². The van der Waals surface area contributed by atoms with Gasteiger partial charge in [0.25, 0.3) is 5.91 Å². The highest BCUT2D eigenvalue weighted by Crippen LogP contribution is 2.27. The van der Waals surface area contributed by atoms with Gasteiger partial charge < -0.3 is 20.1 Å². The Morgan fingerprint density at radius 2 is 1.93 bits per heavy atom. The summed E-state index contributed by atoms with van der Waals surface area (Å²) in [6.45, 7) is -0.0807. The van der Waals surface area contributed by atoms with Crippen LogP contribution in [0.1, 0.15) is 5.56 Å². The van der Waals surface area contributed by atoms with Crippen molar-refractivity contribution in [1.29, 1.82) is 0 Å². The van der Waals surface area contributed by atoms with Crippen LogP contribution in [0.4, 0.5) is 5.69 Å². The number of phenols is 1. The Labute approximate surface area is 154 Å². The number of carbonyl (C=O) groups is 2. The summed E-state index contributed by atoms with van der Waals surface area (Å²) in [6, 6.07) is 11.7. The summed E-state index contributed by atoms with van der Waals surface area (Å²) in [5.41, 5.74) is 2.38. The van der Waals surface area contributed by atoms with Gasteiger partial charge in [-0.25, -0.2) is 0 Å². The van der Waals surface area contributed by atoms with Crippen LogP contribution in [0.25, 0.3) is 17.0 Å². The molecular weight excluding hydrogens is 346 g/mol. The first-order valence-electron chi connectivity index (χ1n) is 8.33. The fourth-order valence-corrected chi connectivity index (χ4v) is 3.07. The highest BCUT2D eigenvalue weighted by atomic mass is 16.5. The van der Waals surface area contributed by atoms with Crippen molar-refractivity contribution in [3.8, 4) is 11.5 Å². The lowest BCUT2D eigenvalue weighted by molar-refractivity contribution is -0.125. The predicted octanol–water partition coefficient (Wildman–Crippen LogP) is 2.39. The molecule has 1 fully saturated rings. The van der Waals surface area contributed by atoms with Crippen LogP contribution < -0.4 is 15.0 Å². The summed E-state index contributed by atoms with van der Waals surface area (Å²) < 4.78 is 5.26. The molecule has 3 aromatic rings. The summed E-state index contributed by atoms with van der Waals surface area (Å²) in [5, 5.41) is 13.0. The van der Waals surface area contributed by atoms with E-state index < -0.39 is 0 Å². The van der Waals surface area contributed by atoms with Gasteiger partial charge in [0, 0.05) is 28.4 Å². The number of methoxy groups -OCH3 is 1. The third-order valence-electron chi connectivity index (χ3n) is 4.43. The van der Waals surface area contributed by atoms with Crippen LogP contribution in [-0.4, -0.2) is 35.6 Å². The number of fused-ring (bicyclic) bond motifs is 1. The highest BCUT2D eigenvalue weighted by Gasteiger charge is 2.29. The Hall–Kier alpha value is -3.74. The van der Waals surface area contributed by atoms with Crippen molar-refractivity contribution < 1.29 is 19.4 Å². The Morgan fingerprint density at radius 3 is 2.67 bits per heavy atom. The minimum Gasteiger partial charge on any atom is -0.508 e. The molecule has 2 amide bonds. The molecule has 136 valence electrons. The number of aromatic amines is 1. The zero-order valence-corrected chi connectivity index (χ0v) is 14.5. The molecule has 1 aliphatic heterocycles.